The number of anilines is 1. The van der Waals surface area contributed by atoms with Crippen LogP contribution in [-0.4, -0.2) is 34.6 Å². The predicted molar refractivity (Wildman–Crippen MR) is 83.6 cm³/mol. The molecule has 2 amide bonds. The molecule has 0 aliphatic heterocycles. The van der Waals surface area contributed by atoms with Crippen molar-refractivity contribution in [1.82, 2.24) is 4.90 Å². The maximum atomic E-state index is 12.2. The van der Waals surface area contributed by atoms with E-state index in [1.807, 2.05) is 39.0 Å². The number of carboxylic acids is 1. The second-order valence-electron chi connectivity index (χ2n) is 5.75. The number of hydrogen-bond donors (Lipinski definition) is 2. The molecule has 5 heteroatoms. The Morgan fingerprint density at radius 3 is 2.57 bits per heavy atom. The van der Waals surface area contributed by atoms with Gasteiger partial charge >= 0.3 is 12.0 Å². The van der Waals surface area contributed by atoms with Crippen molar-refractivity contribution >= 4 is 17.7 Å². The number of benzene rings is 1. The Kier molecular flexibility index (Phi) is 5.76. The average Bonchev–Trinajstić information content (AvgIpc) is 2.44. The van der Waals surface area contributed by atoms with E-state index in [0.717, 1.165) is 12.0 Å². The Hall–Kier alpha value is -2.04. The van der Waals surface area contributed by atoms with E-state index in [-0.39, 0.29) is 18.0 Å². The van der Waals surface area contributed by atoms with E-state index in [2.05, 4.69) is 5.32 Å². The molecule has 0 aromatic heterocycles. The van der Waals surface area contributed by atoms with Gasteiger partial charge in [0, 0.05) is 24.7 Å². The summed E-state index contributed by atoms with van der Waals surface area (Å²) < 4.78 is 0. The van der Waals surface area contributed by atoms with Crippen molar-refractivity contribution in [3.05, 3.63) is 29.8 Å². The van der Waals surface area contributed by atoms with Crippen LogP contribution in [-0.2, 0) is 11.2 Å². The molecule has 0 fully saturated rings. The van der Waals surface area contributed by atoms with Crippen molar-refractivity contribution in [2.45, 2.75) is 45.6 Å². The highest BCUT2D eigenvalue weighted by Gasteiger charge is 2.25. The quantitative estimate of drug-likeness (QED) is 0.844. The van der Waals surface area contributed by atoms with E-state index in [1.54, 1.807) is 18.0 Å². The Bertz CT molecular complexity index is 512. The van der Waals surface area contributed by atoms with Crippen molar-refractivity contribution in [1.29, 1.82) is 0 Å². The zero-order valence-electron chi connectivity index (χ0n) is 13.1. The first-order valence-corrected chi connectivity index (χ1v) is 7.12. The van der Waals surface area contributed by atoms with Crippen molar-refractivity contribution in [2.24, 2.45) is 0 Å². The molecule has 0 saturated carbocycles. The second kappa shape index (κ2) is 7.11. The van der Waals surface area contributed by atoms with Crippen LogP contribution >= 0.6 is 0 Å². The van der Waals surface area contributed by atoms with Gasteiger partial charge in [-0.15, -0.1) is 0 Å². The fraction of sp³-hybridized carbons (Fsp3) is 0.500. The standard InChI is InChI=1S/C16H24N2O3/c1-5-16(2,3)18(4)15(21)17-13-8-6-7-12(11-13)9-10-14(19)20/h6-8,11H,5,9-10H2,1-4H3,(H,17,21)(H,19,20). The number of aryl methyl sites for hydroxylation is 1. The van der Waals surface area contributed by atoms with E-state index in [4.69, 9.17) is 5.11 Å². The number of carbonyl (C=O) groups is 2. The Labute approximate surface area is 126 Å². The zero-order valence-corrected chi connectivity index (χ0v) is 13.1. The topological polar surface area (TPSA) is 69.6 Å². The maximum Gasteiger partial charge on any atom is 0.322 e. The molecule has 0 bridgehead atoms. The summed E-state index contributed by atoms with van der Waals surface area (Å²) in [6.07, 6.45) is 1.39. The van der Waals surface area contributed by atoms with Gasteiger partial charge in [0.15, 0.2) is 0 Å². The minimum Gasteiger partial charge on any atom is -0.481 e. The van der Waals surface area contributed by atoms with Gasteiger partial charge in [-0.3, -0.25) is 4.79 Å². The fourth-order valence-electron chi connectivity index (χ4n) is 1.78. The molecule has 116 valence electrons. The number of hydrogen-bond acceptors (Lipinski definition) is 2. The van der Waals surface area contributed by atoms with Gasteiger partial charge in [0.2, 0.25) is 0 Å². The predicted octanol–water partition coefficient (Wildman–Crippen LogP) is 3.36. The number of nitrogens with zero attached hydrogens (tertiary/aromatic N) is 1. The van der Waals surface area contributed by atoms with Gasteiger partial charge in [0.25, 0.3) is 0 Å². The molecule has 1 rings (SSSR count). The molecule has 0 radical (unpaired) electrons. The molecular formula is C16H24N2O3. The van der Waals surface area contributed by atoms with Crippen LogP contribution in [0.15, 0.2) is 24.3 Å². The van der Waals surface area contributed by atoms with Gasteiger partial charge in [-0.1, -0.05) is 19.1 Å². The largest absolute Gasteiger partial charge is 0.481 e. The van der Waals surface area contributed by atoms with Crippen molar-refractivity contribution in [3.8, 4) is 0 Å². The molecule has 5 nitrogen and oxygen atoms in total. The lowest BCUT2D eigenvalue weighted by atomic mass is 10.0. The minimum absolute atomic E-state index is 0.0835. The Balaban J connectivity index is 2.72. The zero-order chi connectivity index (χ0) is 16.0. The highest BCUT2D eigenvalue weighted by atomic mass is 16.4. The lowest BCUT2D eigenvalue weighted by Crippen LogP contribution is -2.46. The summed E-state index contributed by atoms with van der Waals surface area (Å²) in [4.78, 5) is 24.5. The van der Waals surface area contributed by atoms with Crippen LogP contribution < -0.4 is 5.32 Å². The van der Waals surface area contributed by atoms with Crippen molar-refractivity contribution in [2.75, 3.05) is 12.4 Å². The van der Waals surface area contributed by atoms with E-state index in [9.17, 15) is 9.59 Å². The number of aliphatic carboxylic acids is 1. The van der Waals surface area contributed by atoms with Crippen LogP contribution in [0.3, 0.4) is 0 Å². The van der Waals surface area contributed by atoms with Crippen molar-refractivity contribution in [3.63, 3.8) is 0 Å². The second-order valence-corrected chi connectivity index (χ2v) is 5.75. The molecular weight excluding hydrogens is 268 g/mol. The first kappa shape index (κ1) is 17.0. The summed E-state index contributed by atoms with van der Waals surface area (Å²) in [5.41, 5.74) is 1.36. The highest BCUT2D eigenvalue weighted by molar-refractivity contribution is 5.89. The fourth-order valence-corrected chi connectivity index (χ4v) is 1.78. The molecule has 2 N–H and O–H groups in total. The monoisotopic (exact) mass is 292 g/mol. The van der Waals surface area contributed by atoms with Crippen LogP contribution in [0, 0.1) is 0 Å². The number of nitrogens with one attached hydrogen (secondary N) is 1. The summed E-state index contributed by atoms with van der Waals surface area (Å²) in [6.45, 7) is 6.06. The molecule has 0 aliphatic carbocycles. The number of rotatable bonds is 6. The number of carbonyl (C=O) groups excluding carboxylic acids is 1. The maximum absolute atomic E-state index is 12.2. The molecule has 0 spiro atoms. The number of amides is 2. The molecule has 0 heterocycles. The minimum atomic E-state index is -0.825. The van der Waals surface area contributed by atoms with Gasteiger partial charge in [0.05, 0.1) is 0 Å². The summed E-state index contributed by atoms with van der Waals surface area (Å²) in [6, 6.07) is 7.12. The van der Waals surface area contributed by atoms with Crippen LogP contribution in [0.2, 0.25) is 0 Å². The molecule has 1 aromatic rings. The van der Waals surface area contributed by atoms with E-state index >= 15 is 0 Å². The van der Waals surface area contributed by atoms with Crippen LogP contribution in [0.5, 0.6) is 0 Å². The highest BCUT2D eigenvalue weighted by Crippen LogP contribution is 2.19. The first-order valence-electron chi connectivity index (χ1n) is 7.12. The molecule has 0 aliphatic rings. The van der Waals surface area contributed by atoms with Crippen LogP contribution in [0.1, 0.15) is 39.2 Å². The molecule has 0 atom stereocenters. The molecule has 0 saturated heterocycles. The average molecular weight is 292 g/mol. The van der Waals surface area contributed by atoms with E-state index in [1.165, 1.54) is 0 Å². The summed E-state index contributed by atoms with van der Waals surface area (Å²) in [5.74, 6) is -0.825. The Morgan fingerprint density at radius 1 is 1.33 bits per heavy atom. The van der Waals surface area contributed by atoms with Gasteiger partial charge in [-0.2, -0.15) is 0 Å². The SMILES string of the molecule is CCC(C)(C)N(C)C(=O)Nc1cccc(CCC(=O)O)c1. The third-order valence-electron chi connectivity index (χ3n) is 3.88. The number of urea groups is 1. The van der Waals surface area contributed by atoms with E-state index in [0.29, 0.717) is 12.1 Å². The third kappa shape index (κ3) is 5.10. The molecule has 0 unspecified atom stereocenters. The van der Waals surface area contributed by atoms with E-state index < -0.39 is 5.97 Å². The lowest BCUT2D eigenvalue weighted by Gasteiger charge is -2.34. The normalized spacial score (nSPS) is 11.0. The Morgan fingerprint density at radius 2 is 2.00 bits per heavy atom. The first-order chi connectivity index (χ1) is 9.76. The van der Waals surface area contributed by atoms with Gasteiger partial charge in [-0.25, -0.2) is 4.79 Å². The smallest absolute Gasteiger partial charge is 0.322 e. The third-order valence-corrected chi connectivity index (χ3v) is 3.88. The lowest BCUT2D eigenvalue weighted by molar-refractivity contribution is -0.136. The van der Waals surface area contributed by atoms with Gasteiger partial charge in [-0.05, 0) is 44.4 Å². The summed E-state index contributed by atoms with van der Waals surface area (Å²) >= 11 is 0. The molecule has 21 heavy (non-hydrogen) atoms. The van der Waals surface area contributed by atoms with Gasteiger partial charge < -0.3 is 15.3 Å². The summed E-state index contributed by atoms with van der Waals surface area (Å²) in [5, 5.41) is 11.6. The molecule has 1 aromatic carbocycles. The van der Waals surface area contributed by atoms with Crippen LogP contribution in [0.4, 0.5) is 10.5 Å². The van der Waals surface area contributed by atoms with Crippen LogP contribution in [0.25, 0.3) is 0 Å². The van der Waals surface area contributed by atoms with Gasteiger partial charge in [0.1, 0.15) is 0 Å². The summed E-state index contributed by atoms with van der Waals surface area (Å²) in [7, 11) is 1.77. The van der Waals surface area contributed by atoms with Crippen molar-refractivity contribution < 1.29 is 14.7 Å². The number of carboxylic acid groups (broad SMARTS) is 1.